The molecule has 0 N–H and O–H groups in total. The van der Waals surface area contributed by atoms with E-state index in [1.807, 2.05) is 102 Å². The average Bonchev–Trinajstić information content (AvgIpc) is 3.34. The monoisotopic (exact) mass is 399 g/mol. The smallest absolute Gasteiger partial charge is 0.129 e. The van der Waals surface area contributed by atoms with Gasteiger partial charge >= 0.3 is 0 Å². The Morgan fingerprint density at radius 3 is 2.63 bits per heavy atom. The molecule has 0 saturated carbocycles. The highest BCUT2D eigenvalue weighted by molar-refractivity contribution is 5.68. The number of hydrogen-bond acceptors (Lipinski definition) is 4. The van der Waals surface area contributed by atoms with Gasteiger partial charge in [-0.15, -0.1) is 0 Å². The molecule has 1 atom stereocenters. The molecule has 150 valence electrons. The molecule has 2 aliphatic rings. The van der Waals surface area contributed by atoms with Crippen molar-refractivity contribution in [2.45, 2.75) is 20.0 Å². The lowest BCUT2D eigenvalue weighted by Crippen LogP contribution is -2.33. The summed E-state index contributed by atoms with van der Waals surface area (Å²) in [6.07, 6.45) is 8.86. The molecule has 0 amide bonds. The zero-order chi connectivity index (χ0) is 23.2. The second-order valence-electron chi connectivity index (χ2n) is 7.44. The molecule has 5 rings (SSSR count). The summed E-state index contributed by atoms with van der Waals surface area (Å²) in [6.45, 7) is 1.75. The average molecular weight is 400 g/mol. The maximum absolute atomic E-state index is 7.90. The third-order valence-corrected chi connectivity index (χ3v) is 5.19. The van der Waals surface area contributed by atoms with E-state index in [0.29, 0.717) is 11.5 Å². The molecule has 30 heavy (non-hydrogen) atoms. The fourth-order valence-corrected chi connectivity index (χ4v) is 3.86. The van der Waals surface area contributed by atoms with Crippen molar-refractivity contribution in [3.63, 3.8) is 0 Å². The largest absolute Gasteiger partial charge is 0.457 e. The van der Waals surface area contributed by atoms with Crippen LogP contribution in [0.3, 0.4) is 0 Å². The Bertz CT molecular complexity index is 1290. The zero-order valence-electron chi connectivity index (χ0n) is 19.9. The van der Waals surface area contributed by atoms with Crippen LogP contribution in [0.4, 0.5) is 0 Å². The molecule has 0 radical (unpaired) electrons. The summed E-state index contributed by atoms with van der Waals surface area (Å²) in [5.41, 5.74) is 4.62. The van der Waals surface area contributed by atoms with Crippen LogP contribution in [0.15, 0.2) is 85.2 Å². The van der Waals surface area contributed by atoms with Crippen molar-refractivity contribution < 1.29 is 8.85 Å². The van der Waals surface area contributed by atoms with E-state index < -0.39 is 6.98 Å². The number of aromatic nitrogens is 2. The van der Waals surface area contributed by atoms with E-state index in [9.17, 15) is 0 Å². The first-order valence-electron chi connectivity index (χ1n) is 11.4. The van der Waals surface area contributed by atoms with Crippen LogP contribution >= 0.6 is 0 Å². The Morgan fingerprint density at radius 1 is 1.00 bits per heavy atom. The maximum atomic E-state index is 7.90. The van der Waals surface area contributed by atoms with Crippen LogP contribution in [0, 0.1) is 13.8 Å². The number of likely N-dealkylation sites (N-methyl/N-ethyl adjacent to an activating group) is 1. The lowest BCUT2D eigenvalue weighted by molar-refractivity contribution is 0.282. The van der Waals surface area contributed by atoms with E-state index in [4.69, 9.17) is 8.85 Å². The minimum atomic E-state index is -2.24. The van der Waals surface area contributed by atoms with Crippen molar-refractivity contribution in [2.75, 3.05) is 6.98 Å². The molecule has 0 saturated heterocycles. The Kier molecular flexibility index (Phi) is 3.67. The topological polar surface area (TPSA) is 33.5 Å². The van der Waals surface area contributed by atoms with Crippen molar-refractivity contribution in [3.05, 3.63) is 102 Å². The van der Waals surface area contributed by atoms with Crippen LogP contribution in [0.1, 0.15) is 21.1 Å². The van der Waals surface area contributed by atoms with Crippen molar-refractivity contribution in [1.29, 1.82) is 0 Å². The number of aryl methyl sites for hydroxylation is 2. The zero-order valence-corrected chi connectivity index (χ0v) is 16.9. The summed E-state index contributed by atoms with van der Waals surface area (Å²) in [4.78, 5) is 3.35. The van der Waals surface area contributed by atoms with Gasteiger partial charge in [0.1, 0.15) is 17.7 Å². The lowest BCUT2D eigenvalue weighted by Gasteiger charge is -2.29. The number of nitrogens with zero attached hydrogens (tertiary/aromatic N) is 4. The number of fused-ring (bicyclic) bond motifs is 1. The van der Waals surface area contributed by atoms with Gasteiger partial charge in [0.25, 0.3) is 0 Å². The first-order chi connectivity index (χ1) is 15.8. The van der Waals surface area contributed by atoms with Gasteiger partial charge in [-0.1, -0.05) is 24.3 Å². The summed E-state index contributed by atoms with van der Waals surface area (Å²) in [6, 6.07) is 17.5. The van der Waals surface area contributed by atoms with Gasteiger partial charge in [0.2, 0.25) is 0 Å². The summed E-state index contributed by atoms with van der Waals surface area (Å²) in [5, 5.41) is 4.55. The minimum absolute atomic E-state index is 0.375. The molecule has 5 heteroatoms. The first-order valence-corrected chi connectivity index (χ1v) is 9.85. The van der Waals surface area contributed by atoms with Gasteiger partial charge in [0.05, 0.1) is 17.1 Å². The molecule has 2 aliphatic heterocycles. The number of hydrogen-bond donors (Lipinski definition) is 0. The van der Waals surface area contributed by atoms with Gasteiger partial charge in [0.15, 0.2) is 0 Å². The van der Waals surface area contributed by atoms with E-state index in [-0.39, 0.29) is 6.17 Å². The third-order valence-electron chi connectivity index (χ3n) is 5.19. The summed E-state index contributed by atoms with van der Waals surface area (Å²) < 4.78 is 31.8. The normalized spacial score (nSPS) is 19.2. The van der Waals surface area contributed by atoms with Crippen LogP contribution < -0.4 is 4.74 Å². The van der Waals surface area contributed by atoms with E-state index in [1.165, 1.54) is 4.90 Å². The Labute approximate surface area is 181 Å². The Hall–Kier alpha value is -3.73. The molecule has 0 aliphatic carbocycles. The molecule has 1 aromatic heterocycles. The molecule has 0 bridgehead atoms. The standard InChI is InChI=1S/C25H24N4O/c1-18-14-19(2)29(26-18)21-9-7-11-23(16-21)30-22-10-6-8-20(15-22)24-17-27(3)25-12-4-5-13-28(24)25/h4-17,25H,1-3H3/i3D3. The fraction of sp³-hybridized carbons (Fsp3) is 0.160. The molecule has 0 fully saturated rings. The van der Waals surface area contributed by atoms with E-state index in [0.717, 1.165) is 28.3 Å². The van der Waals surface area contributed by atoms with E-state index >= 15 is 0 Å². The van der Waals surface area contributed by atoms with Gasteiger partial charge in [-0.25, -0.2) is 4.68 Å². The van der Waals surface area contributed by atoms with Crippen LogP contribution in [0.2, 0.25) is 0 Å². The molecule has 0 spiro atoms. The van der Waals surface area contributed by atoms with Gasteiger partial charge in [0, 0.05) is 40.8 Å². The highest BCUT2D eigenvalue weighted by Gasteiger charge is 2.28. The third kappa shape index (κ3) is 3.28. The predicted octanol–water partition coefficient (Wildman–Crippen LogP) is 5.24. The van der Waals surface area contributed by atoms with Gasteiger partial charge < -0.3 is 14.5 Å². The van der Waals surface area contributed by atoms with Crippen LogP contribution in [0.25, 0.3) is 11.4 Å². The van der Waals surface area contributed by atoms with Crippen LogP contribution in [0.5, 0.6) is 11.5 Å². The molecule has 2 aromatic carbocycles. The van der Waals surface area contributed by atoms with Crippen LogP contribution in [-0.4, -0.2) is 32.7 Å². The van der Waals surface area contributed by atoms with Crippen LogP contribution in [-0.2, 0) is 0 Å². The molecule has 3 aromatic rings. The predicted molar refractivity (Wildman–Crippen MR) is 119 cm³/mol. The molecule has 3 heterocycles. The van der Waals surface area contributed by atoms with Crippen molar-refractivity contribution in [1.82, 2.24) is 19.6 Å². The Morgan fingerprint density at radius 2 is 1.83 bits per heavy atom. The van der Waals surface area contributed by atoms with E-state index in [1.54, 1.807) is 6.20 Å². The van der Waals surface area contributed by atoms with Gasteiger partial charge in [-0.05, 0) is 56.3 Å². The highest BCUT2D eigenvalue weighted by Crippen LogP contribution is 2.34. The summed E-state index contributed by atoms with van der Waals surface area (Å²) in [7, 11) is 0. The molecule has 1 unspecified atom stereocenters. The highest BCUT2D eigenvalue weighted by atomic mass is 16.5. The number of rotatable bonds is 4. The Balaban J connectivity index is 1.44. The molecular weight excluding hydrogens is 372 g/mol. The number of benzene rings is 2. The molecular formula is C25H24N4O. The van der Waals surface area contributed by atoms with Gasteiger partial charge in [-0.2, -0.15) is 5.10 Å². The maximum Gasteiger partial charge on any atom is 0.129 e. The molecule has 5 nitrogen and oxygen atoms in total. The summed E-state index contributed by atoms with van der Waals surface area (Å²) in [5.74, 6) is 1.36. The van der Waals surface area contributed by atoms with Crippen molar-refractivity contribution >= 4 is 5.70 Å². The SMILES string of the molecule is [2H]C([2H])([2H])N1C=C(c2cccc(Oc3cccc(-n4nc(C)cc4C)c3)c2)N2C=CC=CC21. The van der Waals surface area contributed by atoms with E-state index in [2.05, 4.69) is 5.10 Å². The summed E-state index contributed by atoms with van der Waals surface area (Å²) >= 11 is 0. The van der Waals surface area contributed by atoms with Crippen molar-refractivity contribution in [3.8, 4) is 17.2 Å². The number of allylic oxidation sites excluding steroid dienone is 2. The first kappa shape index (κ1) is 15.2. The fourth-order valence-electron chi connectivity index (χ4n) is 3.86. The van der Waals surface area contributed by atoms with Gasteiger partial charge in [-0.3, -0.25) is 0 Å². The minimum Gasteiger partial charge on any atom is -0.457 e. The number of ether oxygens (including phenoxy) is 1. The second kappa shape index (κ2) is 7.26. The second-order valence-corrected chi connectivity index (χ2v) is 7.44. The lowest BCUT2D eigenvalue weighted by atomic mass is 10.1. The van der Waals surface area contributed by atoms with Crippen molar-refractivity contribution in [2.24, 2.45) is 0 Å². The quantitative estimate of drug-likeness (QED) is 0.601.